The van der Waals surface area contributed by atoms with E-state index in [1.165, 1.54) is 5.56 Å². The SMILES string of the molecule is CCCCOc1ccccc1C(=O)Oc1ccc2c(c1)OC(N)=C(C#N)C2c1ccc(OCc2ccc(C)cc2)cc1. The molecule has 0 saturated carbocycles. The molecule has 2 N–H and O–H groups in total. The molecule has 0 aromatic heterocycles. The number of nitrogens with zero attached hydrogens (tertiary/aromatic N) is 1. The first kappa shape index (κ1) is 28.3. The van der Waals surface area contributed by atoms with Crippen LogP contribution in [0.1, 0.15) is 58.3 Å². The van der Waals surface area contributed by atoms with E-state index in [1.807, 2.05) is 49.4 Å². The molecule has 1 unspecified atom stereocenters. The third-order valence-corrected chi connectivity index (χ3v) is 7.00. The van der Waals surface area contributed by atoms with Gasteiger partial charge < -0.3 is 24.7 Å². The van der Waals surface area contributed by atoms with Crippen molar-refractivity contribution in [3.8, 4) is 29.1 Å². The van der Waals surface area contributed by atoms with Crippen LogP contribution in [0.15, 0.2) is 102 Å². The number of ether oxygens (including phenoxy) is 4. The van der Waals surface area contributed by atoms with Gasteiger partial charge in [-0.25, -0.2) is 4.79 Å². The summed E-state index contributed by atoms with van der Waals surface area (Å²) in [6.45, 7) is 5.09. The average molecular weight is 561 g/mol. The standard InChI is InChI=1S/C35H32N2O5/c1-3-4-19-39-31-8-6-5-7-29(31)35(38)41-27-17-18-28-32(20-27)42-34(37)30(21-36)33(28)25-13-15-26(16-14-25)40-22-24-11-9-23(2)10-12-24/h5-18,20,33H,3-4,19,22,37H2,1-2H3. The Hall–Kier alpha value is -5.22. The minimum Gasteiger partial charge on any atom is -0.493 e. The molecule has 42 heavy (non-hydrogen) atoms. The maximum atomic E-state index is 13.0. The number of aryl methyl sites for hydroxylation is 1. The molecule has 0 amide bonds. The quantitative estimate of drug-likeness (QED) is 0.124. The Labute approximate surface area is 245 Å². The second-order valence-corrected chi connectivity index (χ2v) is 10.1. The first-order chi connectivity index (χ1) is 20.5. The molecule has 7 nitrogen and oxygen atoms in total. The van der Waals surface area contributed by atoms with Crippen molar-refractivity contribution in [1.29, 1.82) is 5.26 Å². The number of nitrogens with two attached hydrogens (primary N) is 1. The number of hydrogen-bond acceptors (Lipinski definition) is 7. The summed E-state index contributed by atoms with van der Waals surface area (Å²) in [6, 6.07) is 30.1. The summed E-state index contributed by atoms with van der Waals surface area (Å²) < 4.78 is 23.3. The minimum absolute atomic E-state index is 0.00726. The Morgan fingerprint density at radius 3 is 2.43 bits per heavy atom. The van der Waals surface area contributed by atoms with Crippen LogP contribution in [0.2, 0.25) is 0 Å². The first-order valence-electron chi connectivity index (χ1n) is 13.9. The van der Waals surface area contributed by atoms with Crippen molar-refractivity contribution in [1.82, 2.24) is 0 Å². The van der Waals surface area contributed by atoms with Gasteiger partial charge in [0.15, 0.2) is 0 Å². The number of carbonyl (C=O) groups is 1. The average Bonchev–Trinajstić information content (AvgIpc) is 3.00. The van der Waals surface area contributed by atoms with Crippen molar-refractivity contribution < 1.29 is 23.7 Å². The van der Waals surface area contributed by atoms with Crippen LogP contribution in [0.4, 0.5) is 0 Å². The Morgan fingerprint density at radius 1 is 0.952 bits per heavy atom. The fraction of sp³-hybridized carbons (Fsp3) is 0.200. The van der Waals surface area contributed by atoms with Gasteiger partial charge in [0.25, 0.3) is 0 Å². The molecule has 1 aliphatic heterocycles. The lowest BCUT2D eigenvalue weighted by molar-refractivity contribution is 0.0730. The molecule has 4 aromatic rings. The van der Waals surface area contributed by atoms with Crippen LogP contribution in [0.5, 0.6) is 23.0 Å². The normalized spacial score (nSPS) is 13.9. The van der Waals surface area contributed by atoms with Gasteiger partial charge in [0.05, 0.1) is 12.5 Å². The summed E-state index contributed by atoms with van der Waals surface area (Å²) in [5.41, 5.74) is 10.7. The van der Waals surface area contributed by atoms with Crippen molar-refractivity contribution in [2.75, 3.05) is 6.61 Å². The summed E-state index contributed by atoms with van der Waals surface area (Å²) in [5.74, 6) is 0.889. The van der Waals surface area contributed by atoms with E-state index in [2.05, 4.69) is 25.1 Å². The van der Waals surface area contributed by atoms with Gasteiger partial charge >= 0.3 is 5.97 Å². The summed E-state index contributed by atoms with van der Waals surface area (Å²) in [6.07, 6.45) is 1.87. The lowest BCUT2D eigenvalue weighted by Crippen LogP contribution is -2.21. The van der Waals surface area contributed by atoms with Crippen LogP contribution in [0, 0.1) is 18.3 Å². The van der Waals surface area contributed by atoms with Crippen LogP contribution in [0.3, 0.4) is 0 Å². The van der Waals surface area contributed by atoms with E-state index in [-0.39, 0.29) is 11.6 Å². The lowest BCUT2D eigenvalue weighted by Gasteiger charge is -2.27. The number of rotatable bonds is 10. The minimum atomic E-state index is -0.545. The van der Waals surface area contributed by atoms with E-state index in [1.54, 1.807) is 36.4 Å². The second kappa shape index (κ2) is 13.0. The van der Waals surface area contributed by atoms with Crippen LogP contribution in [-0.4, -0.2) is 12.6 Å². The highest BCUT2D eigenvalue weighted by Gasteiger charge is 2.31. The largest absolute Gasteiger partial charge is 0.493 e. The highest BCUT2D eigenvalue weighted by molar-refractivity contribution is 5.94. The maximum Gasteiger partial charge on any atom is 0.347 e. The van der Waals surface area contributed by atoms with Crippen molar-refractivity contribution in [3.63, 3.8) is 0 Å². The topological polar surface area (TPSA) is 104 Å². The van der Waals surface area contributed by atoms with Gasteiger partial charge in [0, 0.05) is 11.6 Å². The van der Waals surface area contributed by atoms with E-state index in [9.17, 15) is 10.1 Å². The molecule has 0 aliphatic carbocycles. The van der Waals surface area contributed by atoms with Gasteiger partial charge in [-0.05, 0) is 54.8 Å². The molecule has 5 rings (SSSR count). The molecule has 0 spiro atoms. The molecule has 0 radical (unpaired) electrons. The van der Waals surface area contributed by atoms with Crippen LogP contribution < -0.4 is 24.7 Å². The zero-order valence-electron chi connectivity index (χ0n) is 23.6. The third-order valence-electron chi connectivity index (χ3n) is 7.00. The van der Waals surface area contributed by atoms with E-state index in [0.717, 1.165) is 29.5 Å². The second-order valence-electron chi connectivity index (χ2n) is 10.1. The molecular formula is C35H32N2O5. The zero-order chi connectivity index (χ0) is 29.5. The van der Waals surface area contributed by atoms with Crippen molar-refractivity contribution in [2.24, 2.45) is 5.73 Å². The Balaban J connectivity index is 1.35. The number of nitriles is 1. The number of esters is 1. The van der Waals surface area contributed by atoms with Gasteiger partial charge in [-0.1, -0.05) is 73.5 Å². The van der Waals surface area contributed by atoms with Gasteiger partial charge in [0.1, 0.15) is 46.8 Å². The highest BCUT2D eigenvalue weighted by Crippen LogP contribution is 2.43. The lowest BCUT2D eigenvalue weighted by atomic mass is 9.83. The molecule has 212 valence electrons. The maximum absolute atomic E-state index is 13.0. The van der Waals surface area contributed by atoms with Gasteiger partial charge in [-0.3, -0.25) is 0 Å². The molecule has 0 bridgehead atoms. The fourth-order valence-electron chi connectivity index (χ4n) is 4.70. The van der Waals surface area contributed by atoms with E-state index in [0.29, 0.717) is 41.6 Å². The Bertz CT molecular complexity index is 1640. The monoisotopic (exact) mass is 560 g/mol. The predicted molar refractivity (Wildman–Crippen MR) is 159 cm³/mol. The van der Waals surface area contributed by atoms with Crippen LogP contribution in [-0.2, 0) is 6.61 Å². The third kappa shape index (κ3) is 6.39. The smallest absolute Gasteiger partial charge is 0.347 e. The molecule has 1 heterocycles. The zero-order valence-corrected chi connectivity index (χ0v) is 23.6. The number of allylic oxidation sites excluding steroid dienone is 1. The number of fused-ring (bicyclic) bond motifs is 1. The van der Waals surface area contributed by atoms with E-state index in [4.69, 9.17) is 24.7 Å². The number of carbonyl (C=O) groups excluding carboxylic acids is 1. The van der Waals surface area contributed by atoms with E-state index >= 15 is 0 Å². The van der Waals surface area contributed by atoms with Gasteiger partial charge in [-0.2, -0.15) is 5.26 Å². The van der Waals surface area contributed by atoms with Crippen LogP contribution >= 0.6 is 0 Å². The summed E-state index contributed by atoms with van der Waals surface area (Å²) in [4.78, 5) is 13.0. The molecule has 1 atom stereocenters. The number of hydrogen-bond donors (Lipinski definition) is 1. The first-order valence-corrected chi connectivity index (χ1v) is 13.9. The molecular weight excluding hydrogens is 528 g/mol. The van der Waals surface area contributed by atoms with Gasteiger partial charge in [-0.15, -0.1) is 0 Å². The molecule has 0 saturated heterocycles. The Morgan fingerprint density at radius 2 is 1.69 bits per heavy atom. The predicted octanol–water partition coefficient (Wildman–Crippen LogP) is 7.19. The number of para-hydroxylation sites is 1. The number of unbranched alkanes of at least 4 members (excludes halogenated alkanes) is 1. The molecule has 4 aromatic carbocycles. The van der Waals surface area contributed by atoms with Gasteiger partial charge in [0.2, 0.25) is 5.88 Å². The molecule has 1 aliphatic rings. The highest BCUT2D eigenvalue weighted by atomic mass is 16.5. The molecule has 7 heteroatoms. The summed E-state index contributed by atoms with van der Waals surface area (Å²) in [7, 11) is 0. The van der Waals surface area contributed by atoms with Crippen molar-refractivity contribution in [3.05, 3.63) is 130 Å². The number of benzene rings is 4. The molecule has 0 fully saturated rings. The van der Waals surface area contributed by atoms with Crippen LogP contribution in [0.25, 0.3) is 0 Å². The van der Waals surface area contributed by atoms with Crippen molar-refractivity contribution in [2.45, 2.75) is 39.2 Å². The van der Waals surface area contributed by atoms with Crippen molar-refractivity contribution >= 4 is 5.97 Å². The van der Waals surface area contributed by atoms with E-state index < -0.39 is 11.9 Å². The fourth-order valence-corrected chi connectivity index (χ4v) is 4.70. The summed E-state index contributed by atoms with van der Waals surface area (Å²) >= 11 is 0. The summed E-state index contributed by atoms with van der Waals surface area (Å²) in [5, 5.41) is 9.93. The Kier molecular flexibility index (Phi) is 8.74.